The van der Waals surface area contributed by atoms with Crippen molar-refractivity contribution in [2.45, 2.75) is 6.54 Å². The summed E-state index contributed by atoms with van der Waals surface area (Å²) in [4.78, 5) is 12.5. The van der Waals surface area contributed by atoms with Gasteiger partial charge in [0.05, 0.1) is 18.3 Å². The second-order valence-corrected chi connectivity index (χ2v) is 6.38. The van der Waals surface area contributed by atoms with Crippen molar-refractivity contribution in [3.8, 4) is 17.0 Å². The Morgan fingerprint density at radius 3 is 2.79 bits per heavy atom. The van der Waals surface area contributed by atoms with Crippen LogP contribution in [0, 0.1) is 5.82 Å². The molecule has 2 N–H and O–H groups in total. The largest absolute Gasteiger partial charge is 0.497 e. The molecule has 0 fully saturated rings. The molecule has 0 aliphatic heterocycles. The van der Waals surface area contributed by atoms with E-state index in [0.717, 1.165) is 16.7 Å². The van der Waals surface area contributed by atoms with E-state index in [4.69, 9.17) is 4.74 Å². The number of halogens is 1. The van der Waals surface area contributed by atoms with Gasteiger partial charge in [-0.15, -0.1) is 0 Å². The number of aromatic nitrogens is 2. The number of carbonyl (C=O) groups is 1. The number of H-pyrrole nitrogens is 1. The van der Waals surface area contributed by atoms with E-state index in [2.05, 4.69) is 15.5 Å². The minimum absolute atomic E-state index is 0.188. The Bertz CT molecular complexity index is 1150. The zero-order chi connectivity index (χ0) is 19.5. The molecule has 0 saturated heterocycles. The number of benzene rings is 3. The molecule has 6 heteroatoms. The molecule has 4 rings (SSSR count). The smallest absolute Gasteiger partial charge is 0.251 e. The van der Waals surface area contributed by atoms with E-state index in [-0.39, 0.29) is 11.7 Å². The molecule has 1 amide bonds. The molecule has 0 spiro atoms. The molecule has 0 atom stereocenters. The Hall–Kier alpha value is -3.67. The summed E-state index contributed by atoms with van der Waals surface area (Å²) in [7, 11) is 1.61. The fourth-order valence-corrected chi connectivity index (χ4v) is 3.08. The second kappa shape index (κ2) is 7.52. The number of aromatic amines is 1. The van der Waals surface area contributed by atoms with Crippen molar-refractivity contribution in [2.24, 2.45) is 0 Å². The van der Waals surface area contributed by atoms with Gasteiger partial charge in [0.1, 0.15) is 11.6 Å². The molecule has 5 nitrogen and oxygen atoms in total. The van der Waals surface area contributed by atoms with Gasteiger partial charge in [0.25, 0.3) is 5.91 Å². The monoisotopic (exact) mass is 375 g/mol. The average Bonchev–Trinajstić information content (AvgIpc) is 3.15. The first kappa shape index (κ1) is 17.7. The standard InChI is InChI=1S/C22H18FN3O2/c1-28-18-7-2-4-14(10-18)13-24-22(27)16-8-9-19-20(12-16)25-26-21(19)15-5-3-6-17(23)11-15/h2-12H,13H2,1H3,(H,24,27)(H,25,26). The molecule has 4 aromatic rings. The Kier molecular flexibility index (Phi) is 4.76. The maximum atomic E-state index is 13.5. The van der Waals surface area contributed by atoms with E-state index in [1.54, 1.807) is 31.4 Å². The van der Waals surface area contributed by atoms with E-state index in [0.29, 0.717) is 28.9 Å². The van der Waals surface area contributed by atoms with Crippen molar-refractivity contribution in [3.05, 3.63) is 83.7 Å². The molecule has 28 heavy (non-hydrogen) atoms. The lowest BCUT2D eigenvalue weighted by Crippen LogP contribution is -2.22. The Morgan fingerprint density at radius 1 is 1.11 bits per heavy atom. The summed E-state index contributed by atoms with van der Waals surface area (Å²) < 4.78 is 18.7. The predicted molar refractivity (Wildman–Crippen MR) is 106 cm³/mol. The number of amides is 1. The highest BCUT2D eigenvalue weighted by Crippen LogP contribution is 2.27. The van der Waals surface area contributed by atoms with Crippen LogP contribution in [0.1, 0.15) is 15.9 Å². The number of nitrogens with zero attached hydrogens (tertiary/aromatic N) is 1. The quantitative estimate of drug-likeness (QED) is 0.546. The first-order valence-corrected chi connectivity index (χ1v) is 8.79. The van der Waals surface area contributed by atoms with Crippen LogP contribution in [0.5, 0.6) is 5.75 Å². The first-order chi connectivity index (χ1) is 13.6. The summed E-state index contributed by atoms with van der Waals surface area (Å²) in [6, 6.07) is 19.1. The molecule has 0 unspecified atom stereocenters. The van der Waals surface area contributed by atoms with Crippen LogP contribution in [-0.4, -0.2) is 23.2 Å². The number of hydrogen-bond donors (Lipinski definition) is 2. The first-order valence-electron chi connectivity index (χ1n) is 8.79. The molecular weight excluding hydrogens is 357 g/mol. The molecule has 1 aromatic heterocycles. The Labute approximate surface area is 161 Å². The van der Waals surface area contributed by atoms with Crippen LogP contribution in [0.15, 0.2) is 66.7 Å². The average molecular weight is 375 g/mol. The normalized spacial score (nSPS) is 10.8. The van der Waals surface area contributed by atoms with Crippen LogP contribution in [0.3, 0.4) is 0 Å². The Balaban J connectivity index is 1.54. The molecule has 0 bridgehead atoms. The van der Waals surface area contributed by atoms with E-state index < -0.39 is 0 Å². The van der Waals surface area contributed by atoms with Crippen molar-refractivity contribution in [1.82, 2.24) is 15.5 Å². The highest BCUT2D eigenvalue weighted by atomic mass is 19.1. The van der Waals surface area contributed by atoms with Crippen LogP contribution >= 0.6 is 0 Å². The fourth-order valence-electron chi connectivity index (χ4n) is 3.08. The van der Waals surface area contributed by atoms with Gasteiger partial charge in [-0.3, -0.25) is 9.89 Å². The molecule has 0 aliphatic carbocycles. The minimum atomic E-state index is -0.317. The Morgan fingerprint density at radius 2 is 1.96 bits per heavy atom. The van der Waals surface area contributed by atoms with Gasteiger partial charge in [-0.25, -0.2) is 4.39 Å². The number of rotatable bonds is 5. The van der Waals surface area contributed by atoms with Crippen molar-refractivity contribution in [2.75, 3.05) is 7.11 Å². The molecular formula is C22H18FN3O2. The number of nitrogens with one attached hydrogen (secondary N) is 2. The van der Waals surface area contributed by atoms with E-state index in [1.165, 1.54) is 12.1 Å². The van der Waals surface area contributed by atoms with Crippen molar-refractivity contribution in [3.63, 3.8) is 0 Å². The molecule has 140 valence electrons. The van der Waals surface area contributed by atoms with Crippen molar-refractivity contribution >= 4 is 16.8 Å². The highest BCUT2D eigenvalue weighted by Gasteiger charge is 2.12. The summed E-state index contributed by atoms with van der Waals surface area (Å²) in [5.41, 5.74) is 3.51. The van der Waals surface area contributed by atoms with Crippen LogP contribution in [-0.2, 0) is 6.54 Å². The van der Waals surface area contributed by atoms with Gasteiger partial charge in [0.2, 0.25) is 0 Å². The third kappa shape index (κ3) is 3.57. The van der Waals surface area contributed by atoms with Crippen molar-refractivity contribution < 1.29 is 13.9 Å². The topological polar surface area (TPSA) is 67.0 Å². The molecule has 0 aliphatic rings. The fraction of sp³-hybridized carbons (Fsp3) is 0.0909. The lowest BCUT2D eigenvalue weighted by atomic mass is 10.1. The summed E-state index contributed by atoms with van der Waals surface area (Å²) in [5, 5.41) is 10.9. The second-order valence-electron chi connectivity index (χ2n) is 6.38. The number of carbonyl (C=O) groups excluding carboxylic acids is 1. The highest BCUT2D eigenvalue weighted by molar-refractivity contribution is 6.00. The van der Waals surface area contributed by atoms with E-state index >= 15 is 0 Å². The zero-order valence-corrected chi connectivity index (χ0v) is 15.2. The van der Waals surface area contributed by atoms with Gasteiger partial charge in [0.15, 0.2) is 0 Å². The lowest BCUT2D eigenvalue weighted by molar-refractivity contribution is 0.0951. The number of hydrogen-bond acceptors (Lipinski definition) is 3. The van der Waals surface area contributed by atoms with Gasteiger partial charge < -0.3 is 10.1 Å². The third-order valence-electron chi connectivity index (χ3n) is 4.51. The van der Waals surface area contributed by atoms with Gasteiger partial charge >= 0.3 is 0 Å². The third-order valence-corrected chi connectivity index (χ3v) is 4.51. The molecule has 3 aromatic carbocycles. The van der Waals surface area contributed by atoms with E-state index in [1.807, 2.05) is 30.3 Å². The van der Waals surface area contributed by atoms with Gasteiger partial charge in [-0.2, -0.15) is 5.10 Å². The SMILES string of the molecule is COc1cccc(CNC(=O)c2ccc3c(-c4cccc(F)c4)n[nH]c3c2)c1. The van der Waals surface area contributed by atoms with Crippen LogP contribution < -0.4 is 10.1 Å². The molecule has 0 saturated carbocycles. The zero-order valence-electron chi connectivity index (χ0n) is 15.2. The predicted octanol–water partition coefficient (Wildman–Crippen LogP) is 4.31. The maximum absolute atomic E-state index is 13.5. The van der Waals surface area contributed by atoms with Crippen LogP contribution in [0.25, 0.3) is 22.2 Å². The van der Waals surface area contributed by atoms with Crippen LogP contribution in [0.4, 0.5) is 4.39 Å². The molecule has 0 radical (unpaired) electrons. The number of ether oxygens (including phenoxy) is 1. The number of fused-ring (bicyclic) bond motifs is 1. The number of methoxy groups -OCH3 is 1. The van der Waals surface area contributed by atoms with Gasteiger partial charge in [-0.1, -0.05) is 24.3 Å². The summed E-state index contributed by atoms with van der Waals surface area (Å²) in [6.07, 6.45) is 0. The molecule has 1 heterocycles. The van der Waals surface area contributed by atoms with Crippen LogP contribution in [0.2, 0.25) is 0 Å². The van der Waals surface area contributed by atoms with E-state index in [9.17, 15) is 9.18 Å². The van der Waals surface area contributed by atoms with Gasteiger partial charge in [0, 0.05) is 23.1 Å². The summed E-state index contributed by atoms with van der Waals surface area (Å²) in [5.74, 6) is 0.240. The maximum Gasteiger partial charge on any atom is 0.251 e. The lowest BCUT2D eigenvalue weighted by Gasteiger charge is -2.07. The van der Waals surface area contributed by atoms with Crippen molar-refractivity contribution in [1.29, 1.82) is 0 Å². The summed E-state index contributed by atoms with van der Waals surface area (Å²) in [6.45, 7) is 0.394. The summed E-state index contributed by atoms with van der Waals surface area (Å²) >= 11 is 0. The van der Waals surface area contributed by atoms with Gasteiger partial charge in [-0.05, 0) is 48.0 Å². The minimum Gasteiger partial charge on any atom is -0.497 e.